The molecule has 24 heavy (non-hydrogen) atoms. The molecule has 3 heterocycles. The standard InChI is InChI=1S/C15H20N6O3/c1-9-13(20-24-19-9)7-16-15-6-12(17-10(2)18-15)14-8-21(11(3)22)4-5-23-14/h6,14H,4-5,7-8H2,1-3H3,(H,16,17,18). The van der Waals surface area contributed by atoms with Crippen molar-refractivity contribution in [3.05, 3.63) is 29.0 Å². The molecule has 9 nitrogen and oxygen atoms in total. The molecule has 1 aliphatic rings. The minimum atomic E-state index is -0.250. The van der Waals surface area contributed by atoms with E-state index in [0.717, 1.165) is 17.1 Å². The predicted molar refractivity (Wildman–Crippen MR) is 84.1 cm³/mol. The predicted octanol–water partition coefficient (Wildman–Crippen LogP) is 1.01. The van der Waals surface area contributed by atoms with E-state index in [9.17, 15) is 4.79 Å². The molecule has 3 rings (SSSR count). The van der Waals surface area contributed by atoms with Crippen LogP contribution in [0.1, 0.15) is 35.9 Å². The second-order valence-corrected chi connectivity index (χ2v) is 5.70. The molecule has 9 heteroatoms. The summed E-state index contributed by atoms with van der Waals surface area (Å²) in [5, 5.41) is 10.8. The summed E-state index contributed by atoms with van der Waals surface area (Å²) in [6, 6.07) is 1.84. The number of nitrogens with one attached hydrogen (secondary N) is 1. The summed E-state index contributed by atoms with van der Waals surface area (Å²) in [6.07, 6.45) is -0.250. The first-order valence-electron chi connectivity index (χ1n) is 7.77. The highest BCUT2D eigenvalue weighted by Crippen LogP contribution is 2.23. The number of anilines is 1. The molecule has 0 aliphatic carbocycles. The number of nitrogens with zero attached hydrogens (tertiary/aromatic N) is 5. The summed E-state index contributed by atoms with van der Waals surface area (Å²) < 4.78 is 10.5. The number of carbonyl (C=O) groups is 1. The molecule has 1 unspecified atom stereocenters. The van der Waals surface area contributed by atoms with Crippen molar-refractivity contribution in [2.75, 3.05) is 25.0 Å². The lowest BCUT2D eigenvalue weighted by atomic mass is 10.2. The van der Waals surface area contributed by atoms with Crippen molar-refractivity contribution in [3.8, 4) is 0 Å². The van der Waals surface area contributed by atoms with Crippen molar-refractivity contribution in [1.29, 1.82) is 0 Å². The molecule has 1 fully saturated rings. The summed E-state index contributed by atoms with van der Waals surface area (Å²) in [4.78, 5) is 22.2. The Morgan fingerprint density at radius 1 is 1.38 bits per heavy atom. The van der Waals surface area contributed by atoms with Gasteiger partial charge >= 0.3 is 0 Å². The summed E-state index contributed by atoms with van der Waals surface area (Å²) in [6.45, 7) is 7.28. The minimum Gasteiger partial charge on any atom is -0.368 e. The molecule has 1 aliphatic heterocycles. The van der Waals surface area contributed by atoms with E-state index in [1.54, 1.807) is 11.8 Å². The van der Waals surface area contributed by atoms with Crippen LogP contribution in [-0.2, 0) is 16.1 Å². The first-order chi connectivity index (χ1) is 11.5. The van der Waals surface area contributed by atoms with Gasteiger partial charge in [-0.1, -0.05) is 10.3 Å². The van der Waals surface area contributed by atoms with Crippen LogP contribution in [-0.4, -0.2) is 50.8 Å². The molecule has 1 saturated heterocycles. The molecule has 0 spiro atoms. The zero-order valence-corrected chi connectivity index (χ0v) is 13.9. The van der Waals surface area contributed by atoms with E-state index in [2.05, 4.69) is 30.2 Å². The summed E-state index contributed by atoms with van der Waals surface area (Å²) in [7, 11) is 0. The third-order valence-corrected chi connectivity index (χ3v) is 3.88. The quantitative estimate of drug-likeness (QED) is 0.884. The van der Waals surface area contributed by atoms with Crippen molar-refractivity contribution in [3.63, 3.8) is 0 Å². The molecule has 0 bridgehead atoms. The summed E-state index contributed by atoms with van der Waals surface area (Å²) in [5.41, 5.74) is 2.22. The van der Waals surface area contributed by atoms with E-state index >= 15 is 0 Å². The third kappa shape index (κ3) is 3.67. The van der Waals surface area contributed by atoms with Gasteiger partial charge in [-0.2, -0.15) is 0 Å². The maximum Gasteiger partial charge on any atom is 0.219 e. The smallest absolute Gasteiger partial charge is 0.219 e. The van der Waals surface area contributed by atoms with Crippen LogP contribution in [0.3, 0.4) is 0 Å². The Hall–Kier alpha value is -2.55. The molecular formula is C15H20N6O3. The van der Waals surface area contributed by atoms with E-state index < -0.39 is 0 Å². The Kier molecular flexibility index (Phi) is 4.70. The SMILES string of the molecule is CC(=O)N1CCOC(c2cc(NCc3nonc3C)nc(C)n2)C1. The lowest BCUT2D eigenvalue weighted by Crippen LogP contribution is -2.41. The largest absolute Gasteiger partial charge is 0.368 e. The number of hydrogen-bond donors (Lipinski definition) is 1. The maximum absolute atomic E-state index is 11.6. The highest BCUT2D eigenvalue weighted by Gasteiger charge is 2.25. The molecule has 1 atom stereocenters. The third-order valence-electron chi connectivity index (χ3n) is 3.88. The average Bonchev–Trinajstić information content (AvgIpc) is 2.97. The molecule has 1 amide bonds. The van der Waals surface area contributed by atoms with Gasteiger partial charge < -0.3 is 15.0 Å². The average molecular weight is 332 g/mol. The zero-order valence-electron chi connectivity index (χ0n) is 13.9. The molecular weight excluding hydrogens is 312 g/mol. The number of ether oxygens (including phenoxy) is 1. The first-order valence-corrected chi connectivity index (χ1v) is 7.77. The second-order valence-electron chi connectivity index (χ2n) is 5.70. The van der Waals surface area contributed by atoms with Gasteiger partial charge in [-0.15, -0.1) is 0 Å². The van der Waals surface area contributed by atoms with E-state index in [0.29, 0.717) is 37.9 Å². The number of aromatic nitrogens is 4. The van der Waals surface area contributed by atoms with Gasteiger partial charge in [0.25, 0.3) is 0 Å². The van der Waals surface area contributed by atoms with Crippen LogP contribution in [0, 0.1) is 13.8 Å². The highest BCUT2D eigenvalue weighted by atomic mass is 16.6. The van der Waals surface area contributed by atoms with Crippen molar-refractivity contribution in [2.24, 2.45) is 0 Å². The molecule has 0 radical (unpaired) electrons. The fourth-order valence-electron chi connectivity index (χ4n) is 2.54. The Morgan fingerprint density at radius 3 is 2.92 bits per heavy atom. The molecule has 0 saturated carbocycles. The second kappa shape index (κ2) is 6.91. The number of rotatable bonds is 4. The van der Waals surface area contributed by atoms with E-state index in [1.165, 1.54) is 0 Å². The zero-order chi connectivity index (χ0) is 17.1. The van der Waals surface area contributed by atoms with Gasteiger partial charge in [-0.25, -0.2) is 14.6 Å². The maximum atomic E-state index is 11.6. The van der Waals surface area contributed by atoms with Crippen molar-refractivity contribution in [1.82, 2.24) is 25.2 Å². The molecule has 1 N–H and O–H groups in total. The lowest BCUT2D eigenvalue weighted by molar-refractivity contribution is -0.136. The van der Waals surface area contributed by atoms with Crippen molar-refractivity contribution >= 4 is 11.7 Å². The van der Waals surface area contributed by atoms with E-state index in [-0.39, 0.29) is 12.0 Å². The van der Waals surface area contributed by atoms with Gasteiger partial charge in [0.1, 0.15) is 29.1 Å². The lowest BCUT2D eigenvalue weighted by Gasteiger charge is -2.32. The van der Waals surface area contributed by atoms with Gasteiger partial charge in [0.05, 0.1) is 25.4 Å². The van der Waals surface area contributed by atoms with E-state index in [1.807, 2.05) is 19.9 Å². The van der Waals surface area contributed by atoms with Crippen LogP contribution < -0.4 is 5.32 Å². The van der Waals surface area contributed by atoms with Crippen LogP contribution in [0.4, 0.5) is 5.82 Å². The van der Waals surface area contributed by atoms with E-state index in [4.69, 9.17) is 4.74 Å². The Balaban J connectivity index is 1.73. The molecule has 2 aromatic rings. The minimum absolute atomic E-state index is 0.0430. The molecule has 0 aromatic carbocycles. The number of hydrogen-bond acceptors (Lipinski definition) is 8. The van der Waals surface area contributed by atoms with Gasteiger partial charge in [0.2, 0.25) is 5.91 Å². The fraction of sp³-hybridized carbons (Fsp3) is 0.533. The summed E-state index contributed by atoms with van der Waals surface area (Å²) >= 11 is 0. The number of amides is 1. The Bertz CT molecular complexity index is 732. The molecule has 2 aromatic heterocycles. The Morgan fingerprint density at radius 2 is 2.21 bits per heavy atom. The van der Waals surface area contributed by atoms with Gasteiger partial charge in [-0.3, -0.25) is 4.79 Å². The normalized spacial score (nSPS) is 17.8. The summed E-state index contributed by atoms with van der Waals surface area (Å²) in [5.74, 6) is 1.35. The van der Waals surface area contributed by atoms with Crippen molar-refractivity contribution in [2.45, 2.75) is 33.4 Å². The van der Waals surface area contributed by atoms with Gasteiger partial charge in [0, 0.05) is 19.5 Å². The number of carbonyl (C=O) groups excluding carboxylic acids is 1. The number of aryl methyl sites for hydroxylation is 2. The topological polar surface area (TPSA) is 106 Å². The number of morpholine rings is 1. The van der Waals surface area contributed by atoms with Crippen molar-refractivity contribution < 1.29 is 14.2 Å². The van der Waals surface area contributed by atoms with Gasteiger partial charge in [-0.05, 0) is 13.8 Å². The van der Waals surface area contributed by atoms with Crippen LogP contribution in [0.25, 0.3) is 0 Å². The monoisotopic (exact) mass is 332 g/mol. The van der Waals surface area contributed by atoms with Gasteiger partial charge in [0.15, 0.2) is 0 Å². The molecule has 128 valence electrons. The first kappa shape index (κ1) is 16.3. The van der Waals surface area contributed by atoms with Crippen LogP contribution in [0.2, 0.25) is 0 Å². The Labute approximate surface area is 139 Å². The fourth-order valence-corrected chi connectivity index (χ4v) is 2.54. The van der Waals surface area contributed by atoms with Crippen LogP contribution in [0.5, 0.6) is 0 Å². The van der Waals surface area contributed by atoms with Crippen LogP contribution in [0.15, 0.2) is 10.7 Å². The highest BCUT2D eigenvalue weighted by molar-refractivity contribution is 5.73. The van der Waals surface area contributed by atoms with Crippen LogP contribution >= 0.6 is 0 Å².